The molecule has 0 heterocycles. The summed E-state index contributed by atoms with van der Waals surface area (Å²) in [5.41, 5.74) is 1.54. The first-order valence-electron chi connectivity index (χ1n) is 6.58. The Morgan fingerprint density at radius 1 is 1.19 bits per heavy atom. The van der Waals surface area contributed by atoms with Gasteiger partial charge in [-0.25, -0.2) is 4.79 Å². The Balaban J connectivity index is 2.25. The van der Waals surface area contributed by atoms with Gasteiger partial charge < -0.3 is 15.2 Å². The minimum Gasteiger partial charge on any atom is -0.508 e. The normalized spacial score (nSPS) is 11.7. The number of carbonyl (C=O) groups excluding carboxylic acids is 1. The summed E-state index contributed by atoms with van der Waals surface area (Å²) in [6, 6.07) is 13.4. The molecule has 110 valence electrons. The lowest BCUT2D eigenvalue weighted by molar-refractivity contribution is -0.144. The molecule has 0 bridgehead atoms. The average Bonchev–Trinajstić information content (AvgIpc) is 2.48. The van der Waals surface area contributed by atoms with Crippen LogP contribution in [0.2, 0.25) is 0 Å². The van der Waals surface area contributed by atoms with E-state index in [1.807, 2.05) is 24.3 Å². The maximum atomic E-state index is 12.1. The van der Waals surface area contributed by atoms with Gasteiger partial charge in [-0.05, 0) is 48.9 Å². The number of esters is 1. The van der Waals surface area contributed by atoms with Crippen molar-refractivity contribution < 1.29 is 14.6 Å². The van der Waals surface area contributed by atoms with E-state index in [2.05, 4.69) is 21.2 Å². The van der Waals surface area contributed by atoms with Crippen molar-refractivity contribution in [1.82, 2.24) is 0 Å². The number of carbonyl (C=O) groups is 1. The number of phenolic OH excluding ortho intramolecular Hbond substituents is 1. The zero-order valence-corrected chi connectivity index (χ0v) is 13.1. The molecular formula is C16H16BrNO3. The number of halogens is 1. The van der Waals surface area contributed by atoms with Crippen LogP contribution in [0.1, 0.15) is 18.5 Å². The van der Waals surface area contributed by atoms with Gasteiger partial charge in [0.25, 0.3) is 0 Å². The van der Waals surface area contributed by atoms with Crippen molar-refractivity contribution in [2.75, 3.05) is 11.9 Å². The number of phenols is 1. The third-order valence-corrected chi connectivity index (χ3v) is 3.43. The highest BCUT2D eigenvalue weighted by Gasteiger charge is 2.21. The summed E-state index contributed by atoms with van der Waals surface area (Å²) < 4.78 is 6.07. The largest absolute Gasteiger partial charge is 0.508 e. The van der Waals surface area contributed by atoms with E-state index in [4.69, 9.17) is 4.74 Å². The van der Waals surface area contributed by atoms with E-state index in [0.29, 0.717) is 6.61 Å². The maximum Gasteiger partial charge on any atom is 0.333 e. The van der Waals surface area contributed by atoms with E-state index in [1.165, 1.54) is 0 Å². The number of ether oxygens (including phenoxy) is 1. The molecule has 2 N–H and O–H groups in total. The zero-order chi connectivity index (χ0) is 15.2. The lowest BCUT2D eigenvalue weighted by atomic mass is 10.1. The van der Waals surface area contributed by atoms with E-state index in [0.717, 1.165) is 15.7 Å². The van der Waals surface area contributed by atoms with Gasteiger partial charge in [0.05, 0.1) is 6.61 Å². The first-order valence-corrected chi connectivity index (χ1v) is 7.37. The standard InChI is InChI=1S/C16H16BrNO3/c1-2-21-16(20)15(11-3-9-14(19)10-4-11)18-13-7-5-12(17)6-8-13/h3-10,15,18-19H,2H2,1H3. The number of anilines is 1. The van der Waals surface area contributed by atoms with E-state index in [-0.39, 0.29) is 11.7 Å². The molecule has 0 aliphatic carbocycles. The fourth-order valence-electron chi connectivity index (χ4n) is 1.88. The van der Waals surface area contributed by atoms with Gasteiger partial charge in [0, 0.05) is 10.2 Å². The monoisotopic (exact) mass is 349 g/mol. The maximum absolute atomic E-state index is 12.1. The Morgan fingerprint density at radius 2 is 1.81 bits per heavy atom. The molecule has 0 aromatic heterocycles. The molecule has 2 aromatic carbocycles. The molecule has 5 heteroatoms. The van der Waals surface area contributed by atoms with E-state index >= 15 is 0 Å². The Labute approximate surface area is 131 Å². The van der Waals surface area contributed by atoms with Gasteiger partial charge in [-0.15, -0.1) is 0 Å². The van der Waals surface area contributed by atoms with Crippen LogP contribution in [-0.4, -0.2) is 17.7 Å². The van der Waals surface area contributed by atoms with Crippen molar-refractivity contribution in [3.8, 4) is 5.75 Å². The third kappa shape index (κ3) is 4.23. The van der Waals surface area contributed by atoms with Crippen LogP contribution in [0.25, 0.3) is 0 Å². The van der Waals surface area contributed by atoms with Crippen molar-refractivity contribution in [2.45, 2.75) is 13.0 Å². The fraction of sp³-hybridized carbons (Fsp3) is 0.188. The van der Waals surface area contributed by atoms with Crippen molar-refractivity contribution in [1.29, 1.82) is 0 Å². The first kappa shape index (κ1) is 15.4. The summed E-state index contributed by atoms with van der Waals surface area (Å²) in [5.74, 6) is -0.198. The smallest absolute Gasteiger partial charge is 0.333 e. The van der Waals surface area contributed by atoms with Crippen molar-refractivity contribution >= 4 is 27.6 Å². The quantitative estimate of drug-likeness (QED) is 0.804. The van der Waals surface area contributed by atoms with Gasteiger partial charge in [0.1, 0.15) is 5.75 Å². The second-order valence-electron chi connectivity index (χ2n) is 4.43. The highest BCUT2D eigenvalue weighted by atomic mass is 79.9. The highest BCUT2D eigenvalue weighted by molar-refractivity contribution is 9.10. The minimum absolute atomic E-state index is 0.157. The van der Waals surface area contributed by atoms with Crippen molar-refractivity contribution in [3.63, 3.8) is 0 Å². The molecule has 1 atom stereocenters. The highest BCUT2D eigenvalue weighted by Crippen LogP contribution is 2.24. The molecule has 0 radical (unpaired) electrons. The van der Waals surface area contributed by atoms with E-state index < -0.39 is 6.04 Å². The molecular weight excluding hydrogens is 334 g/mol. The Kier molecular flexibility index (Phi) is 5.22. The summed E-state index contributed by atoms with van der Waals surface area (Å²) >= 11 is 3.37. The van der Waals surface area contributed by atoms with Crippen LogP contribution in [0.5, 0.6) is 5.75 Å². The summed E-state index contributed by atoms with van der Waals surface area (Å²) in [6.07, 6.45) is 0. The van der Waals surface area contributed by atoms with Gasteiger partial charge in [-0.2, -0.15) is 0 Å². The third-order valence-electron chi connectivity index (χ3n) is 2.90. The second kappa shape index (κ2) is 7.13. The molecule has 2 aromatic rings. The predicted molar refractivity (Wildman–Crippen MR) is 85.2 cm³/mol. The number of rotatable bonds is 5. The van der Waals surface area contributed by atoms with Crippen LogP contribution in [-0.2, 0) is 9.53 Å². The van der Waals surface area contributed by atoms with Gasteiger partial charge >= 0.3 is 5.97 Å². The number of nitrogens with one attached hydrogen (secondary N) is 1. The van der Waals surface area contributed by atoms with Crippen molar-refractivity contribution in [2.24, 2.45) is 0 Å². The number of benzene rings is 2. The van der Waals surface area contributed by atoms with Gasteiger partial charge in [0.15, 0.2) is 6.04 Å². The average molecular weight is 350 g/mol. The van der Waals surface area contributed by atoms with E-state index in [9.17, 15) is 9.90 Å². The number of hydrogen-bond acceptors (Lipinski definition) is 4. The molecule has 2 rings (SSSR count). The Hall–Kier alpha value is -2.01. The molecule has 21 heavy (non-hydrogen) atoms. The lowest BCUT2D eigenvalue weighted by Crippen LogP contribution is -2.23. The zero-order valence-electron chi connectivity index (χ0n) is 11.5. The van der Waals surface area contributed by atoms with Crippen LogP contribution >= 0.6 is 15.9 Å². The summed E-state index contributed by atoms with van der Waals surface area (Å²) in [6.45, 7) is 2.08. The van der Waals surface area contributed by atoms with Gasteiger partial charge in [-0.1, -0.05) is 28.1 Å². The Bertz CT molecular complexity index is 596. The van der Waals surface area contributed by atoms with Crippen LogP contribution in [0, 0.1) is 0 Å². The fourth-order valence-corrected chi connectivity index (χ4v) is 2.15. The molecule has 0 saturated heterocycles. The van der Waals surface area contributed by atoms with Gasteiger partial charge in [-0.3, -0.25) is 0 Å². The molecule has 0 aliphatic rings. The van der Waals surface area contributed by atoms with Crippen LogP contribution in [0.15, 0.2) is 53.0 Å². The molecule has 4 nitrogen and oxygen atoms in total. The second-order valence-corrected chi connectivity index (χ2v) is 5.34. The van der Waals surface area contributed by atoms with Crippen LogP contribution in [0.3, 0.4) is 0 Å². The Morgan fingerprint density at radius 3 is 2.38 bits per heavy atom. The molecule has 1 unspecified atom stereocenters. The molecule has 0 aliphatic heterocycles. The molecule has 0 saturated carbocycles. The SMILES string of the molecule is CCOC(=O)C(Nc1ccc(Br)cc1)c1ccc(O)cc1. The minimum atomic E-state index is -0.619. The molecule has 0 fully saturated rings. The topological polar surface area (TPSA) is 58.6 Å². The first-order chi connectivity index (χ1) is 10.1. The molecule has 0 amide bonds. The van der Waals surface area contributed by atoms with Crippen molar-refractivity contribution in [3.05, 3.63) is 58.6 Å². The summed E-state index contributed by atoms with van der Waals surface area (Å²) in [7, 11) is 0. The van der Waals surface area contributed by atoms with E-state index in [1.54, 1.807) is 31.2 Å². The van der Waals surface area contributed by atoms with Crippen LogP contribution < -0.4 is 5.32 Å². The number of hydrogen-bond donors (Lipinski definition) is 2. The van der Waals surface area contributed by atoms with Gasteiger partial charge in [0.2, 0.25) is 0 Å². The lowest BCUT2D eigenvalue weighted by Gasteiger charge is -2.19. The summed E-state index contributed by atoms with van der Waals surface area (Å²) in [4.78, 5) is 12.1. The summed E-state index contributed by atoms with van der Waals surface area (Å²) in [5, 5.41) is 12.5. The molecule has 0 spiro atoms. The number of aromatic hydroxyl groups is 1. The predicted octanol–water partition coefficient (Wildman–Crippen LogP) is 3.87. The van der Waals surface area contributed by atoms with Crippen LogP contribution in [0.4, 0.5) is 5.69 Å².